The van der Waals surface area contributed by atoms with Crippen LogP contribution in [0.15, 0.2) is 0 Å². The molecule has 0 fully saturated rings. The Kier molecular flexibility index (Phi) is 13.2. The zero-order valence-corrected chi connectivity index (χ0v) is 16.5. The minimum absolute atomic E-state index is 0.0549. The van der Waals surface area contributed by atoms with E-state index < -0.39 is 47.8 Å². The lowest BCUT2D eigenvalue weighted by atomic mass is 10.1. The van der Waals surface area contributed by atoms with Gasteiger partial charge in [-0.3, -0.25) is 19.2 Å². The van der Waals surface area contributed by atoms with Gasteiger partial charge in [-0.1, -0.05) is 12.8 Å². The molecule has 2 atom stereocenters. The van der Waals surface area contributed by atoms with Crippen LogP contribution >= 0.6 is 0 Å². The van der Waals surface area contributed by atoms with Crippen LogP contribution in [0, 0.1) is 0 Å². The Labute approximate surface area is 172 Å². The van der Waals surface area contributed by atoms with Gasteiger partial charge in [-0.05, 0) is 25.7 Å². The van der Waals surface area contributed by atoms with Crippen LogP contribution in [0.25, 0.3) is 0 Å². The van der Waals surface area contributed by atoms with E-state index in [0.29, 0.717) is 25.7 Å². The molecule has 0 aliphatic rings. The molecular formula is C18H28N2O10. The van der Waals surface area contributed by atoms with Gasteiger partial charge in [0.1, 0.15) is 12.1 Å². The van der Waals surface area contributed by atoms with Gasteiger partial charge >= 0.3 is 23.9 Å². The lowest BCUT2D eigenvalue weighted by molar-refractivity contribution is -0.144. The molecule has 0 saturated heterocycles. The molecule has 0 bridgehead atoms. The molecule has 12 nitrogen and oxygen atoms in total. The molecule has 30 heavy (non-hydrogen) atoms. The Hall–Kier alpha value is -3.18. The number of carboxylic acid groups (broad SMARTS) is 4. The van der Waals surface area contributed by atoms with Crippen molar-refractivity contribution in [1.29, 1.82) is 0 Å². The normalized spacial score (nSPS) is 12.4. The van der Waals surface area contributed by atoms with Gasteiger partial charge in [0.05, 0.1) is 0 Å². The van der Waals surface area contributed by atoms with Gasteiger partial charge in [0.15, 0.2) is 0 Å². The molecule has 0 rings (SSSR count). The second-order valence-electron chi connectivity index (χ2n) is 6.70. The summed E-state index contributed by atoms with van der Waals surface area (Å²) in [7, 11) is 0. The van der Waals surface area contributed by atoms with E-state index in [4.69, 9.17) is 20.4 Å². The SMILES string of the molecule is O=C(O)CCC(NC(=O)CCCCCCC(=O)NC(CCC(=O)O)C(=O)O)C(=O)O. The van der Waals surface area contributed by atoms with Gasteiger partial charge in [-0.25, -0.2) is 9.59 Å². The van der Waals surface area contributed by atoms with E-state index in [0.717, 1.165) is 0 Å². The van der Waals surface area contributed by atoms with E-state index in [1.807, 2.05) is 0 Å². The van der Waals surface area contributed by atoms with Crippen molar-refractivity contribution in [3.63, 3.8) is 0 Å². The Bertz CT molecular complexity index is 580. The van der Waals surface area contributed by atoms with Crippen LogP contribution in [-0.4, -0.2) is 68.2 Å². The molecule has 0 aliphatic carbocycles. The Balaban J connectivity index is 4.03. The van der Waals surface area contributed by atoms with Crippen LogP contribution in [0.3, 0.4) is 0 Å². The van der Waals surface area contributed by atoms with Crippen molar-refractivity contribution in [2.75, 3.05) is 0 Å². The smallest absolute Gasteiger partial charge is 0.326 e. The fraction of sp³-hybridized carbons (Fsp3) is 0.667. The number of nitrogens with one attached hydrogen (secondary N) is 2. The largest absolute Gasteiger partial charge is 0.481 e. The number of unbranched alkanes of at least 4 members (excludes halogenated alkanes) is 3. The summed E-state index contributed by atoms with van der Waals surface area (Å²) in [5, 5.41) is 39.6. The minimum atomic E-state index is -1.31. The summed E-state index contributed by atoms with van der Waals surface area (Å²) in [6, 6.07) is -2.53. The van der Waals surface area contributed by atoms with Crippen molar-refractivity contribution in [2.45, 2.75) is 76.3 Å². The number of amides is 2. The van der Waals surface area contributed by atoms with Gasteiger partial charge in [0.2, 0.25) is 11.8 Å². The van der Waals surface area contributed by atoms with Crippen LogP contribution in [0.4, 0.5) is 0 Å². The number of hydrogen-bond acceptors (Lipinski definition) is 6. The van der Waals surface area contributed by atoms with Gasteiger partial charge in [-0.15, -0.1) is 0 Å². The number of hydrogen-bond donors (Lipinski definition) is 6. The molecule has 12 heteroatoms. The second kappa shape index (κ2) is 14.8. The third-order valence-corrected chi connectivity index (χ3v) is 4.12. The summed E-state index contributed by atoms with van der Waals surface area (Å²) >= 11 is 0. The highest BCUT2D eigenvalue weighted by molar-refractivity contribution is 5.84. The van der Waals surface area contributed by atoms with Crippen molar-refractivity contribution >= 4 is 35.7 Å². The average molecular weight is 432 g/mol. The van der Waals surface area contributed by atoms with Crippen molar-refractivity contribution < 1.29 is 49.2 Å². The molecule has 2 unspecified atom stereocenters. The predicted octanol–water partition coefficient (Wildman–Crippen LogP) is 0.195. The van der Waals surface area contributed by atoms with E-state index in [1.165, 1.54) is 0 Å². The van der Waals surface area contributed by atoms with E-state index in [1.54, 1.807) is 0 Å². The predicted molar refractivity (Wildman–Crippen MR) is 101 cm³/mol. The number of carboxylic acids is 4. The number of rotatable bonds is 17. The highest BCUT2D eigenvalue weighted by Gasteiger charge is 2.21. The molecule has 0 radical (unpaired) electrons. The zero-order chi connectivity index (χ0) is 23.1. The first-order valence-electron chi connectivity index (χ1n) is 9.50. The Morgan fingerprint density at radius 1 is 0.533 bits per heavy atom. The van der Waals surface area contributed by atoms with Crippen LogP contribution in [0.2, 0.25) is 0 Å². The topological polar surface area (TPSA) is 207 Å². The van der Waals surface area contributed by atoms with Crippen molar-refractivity contribution in [3.05, 3.63) is 0 Å². The summed E-state index contributed by atoms with van der Waals surface area (Å²) in [5.41, 5.74) is 0. The monoisotopic (exact) mass is 432 g/mol. The summed E-state index contributed by atoms with van der Waals surface area (Å²) in [6.07, 6.45) is 0.966. The standard InChI is InChI=1S/C18H28N2O10/c21-13(19-11(17(27)28)7-9-15(23)24)5-3-1-2-4-6-14(22)20-12(18(29)30)8-10-16(25)26/h11-12H,1-10H2,(H,19,21)(H,20,22)(H,23,24)(H,25,26)(H,27,28)(H,29,30). The molecule has 0 aliphatic heterocycles. The minimum Gasteiger partial charge on any atom is -0.481 e. The van der Waals surface area contributed by atoms with E-state index in [2.05, 4.69) is 10.6 Å². The van der Waals surface area contributed by atoms with Crippen molar-refractivity contribution in [1.82, 2.24) is 10.6 Å². The molecular weight excluding hydrogens is 404 g/mol. The molecule has 2 amide bonds. The lowest BCUT2D eigenvalue weighted by Crippen LogP contribution is -2.41. The molecule has 0 heterocycles. The van der Waals surface area contributed by atoms with Crippen LogP contribution in [0.5, 0.6) is 0 Å². The van der Waals surface area contributed by atoms with Gasteiger partial charge in [-0.2, -0.15) is 0 Å². The molecule has 0 aromatic heterocycles. The molecule has 0 spiro atoms. The van der Waals surface area contributed by atoms with Crippen LogP contribution in [0.1, 0.15) is 64.2 Å². The van der Waals surface area contributed by atoms with E-state index in [-0.39, 0.29) is 38.5 Å². The van der Waals surface area contributed by atoms with E-state index in [9.17, 15) is 28.8 Å². The summed E-state index contributed by atoms with van der Waals surface area (Å²) in [5.74, 6) is -5.94. The third kappa shape index (κ3) is 13.9. The average Bonchev–Trinajstić information content (AvgIpc) is 2.63. The first-order valence-corrected chi connectivity index (χ1v) is 9.50. The Morgan fingerprint density at radius 3 is 1.13 bits per heavy atom. The van der Waals surface area contributed by atoms with Crippen molar-refractivity contribution in [3.8, 4) is 0 Å². The lowest BCUT2D eigenvalue weighted by Gasteiger charge is -2.14. The van der Waals surface area contributed by atoms with Gasteiger partial charge in [0.25, 0.3) is 0 Å². The van der Waals surface area contributed by atoms with Gasteiger partial charge < -0.3 is 31.1 Å². The maximum Gasteiger partial charge on any atom is 0.326 e. The maximum absolute atomic E-state index is 11.8. The highest BCUT2D eigenvalue weighted by Crippen LogP contribution is 2.07. The molecule has 0 saturated carbocycles. The summed E-state index contributed by atoms with van der Waals surface area (Å²) in [6.45, 7) is 0. The number of aliphatic carboxylic acids is 4. The quantitative estimate of drug-likeness (QED) is 0.172. The number of carbonyl (C=O) groups is 6. The fourth-order valence-corrected chi connectivity index (χ4v) is 2.51. The molecule has 0 aromatic rings. The zero-order valence-electron chi connectivity index (χ0n) is 16.5. The first kappa shape index (κ1) is 26.8. The number of carbonyl (C=O) groups excluding carboxylic acids is 2. The third-order valence-electron chi connectivity index (χ3n) is 4.12. The fourth-order valence-electron chi connectivity index (χ4n) is 2.51. The summed E-state index contributed by atoms with van der Waals surface area (Å²) < 4.78 is 0. The van der Waals surface area contributed by atoms with Crippen LogP contribution < -0.4 is 10.6 Å². The maximum atomic E-state index is 11.8. The van der Waals surface area contributed by atoms with E-state index >= 15 is 0 Å². The van der Waals surface area contributed by atoms with Crippen molar-refractivity contribution in [2.24, 2.45) is 0 Å². The molecule has 6 N–H and O–H groups in total. The van der Waals surface area contributed by atoms with Gasteiger partial charge in [0, 0.05) is 25.7 Å². The van der Waals surface area contributed by atoms with Crippen LogP contribution in [-0.2, 0) is 28.8 Å². The summed E-state index contributed by atoms with van der Waals surface area (Å²) in [4.78, 5) is 66.5. The Morgan fingerprint density at radius 2 is 0.867 bits per heavy atom. The first-order chi connectivity index (χ1) is 14.0. The highest BCUT2D eigenvalue weighted by atomic mass is 16.4. The molecule has 0 aromatic carbocycles. The molecule has 170 valence electrons. The second-order valence-corrected chi connectivity index (χ2v) is 6.70.